The number of hydrogen-bond donors (Lipinski definition) is 1. The van der Waals surface area contributed by atoms with E-state index in [1.807, 2.05) is 0 Å². The molecule has 1 heterocycles. The highest BCUT2D eigenvalue weighted by atomic mass is 32.2. The average Bonchev–Trinajstić information content (AvgIpc) is 2.38. The molecule has 5 nitrogen and oxygen atoms in total. The predicted molar refractivity (Wildman–Crippen MR) is 74.9 cm³/mol. The van der Waals surface area contributed by atoms with E-state index in [0.717, 1.165) is 11.2 Å². The Kier molecular flexibility index (Phi) is 4.10. The van der Waals surface area contributed by atoms with Gasteiger partial charge in [-0.2, -0.15) is 0 Å². The molecule has 0 atom stereocenters. The van der Waals surface area contributed by atoms with Gasteiger partial charge >= 0.3 is 5.97 Å². The summed E-state index contributed by atoms with van der Waals surface area (Å²) < 4.78 is 22.7. The van der Waals surface area contributed by atoms with Crippen LogP contribution in [-0.4, -0.2) is 30.7 Å². The molecule has 0 bridgehead atoms. The normalized spacial score (nSPS) is 11.2. The lowest BCUT2D eigenvalue weighted by Crippen LogP contribution is -2.01. The summed E-state index contributed by atoms with van der Waals surface area (Å²) in [6.07, 6.45) is 2.55. The molecule has 0 saturated carbocycles. The van der Waals surface area contributed by atoms with E-state index in [4.69, 9.17) is 5.11 Å². The summed E-state index contributed by atoms with van der Waals surface area (Å²) in [5.41, 5.74) is -0.0234. The van der Waals surface area contributed by atoms with Gasteiger partial charge in [-0.1, -0.05) is 11.8 Å². The van der Waals surface area contributed by atoms with Crippen LogP contribution in [0.25, 0.3) is 0 Å². The van der Waals surface area contributed by atoms with Crippen molar-refractivity contribution < 1.29 is 18.3 Å². The Morgan fingerprint density at radius 3 is 2.40 bits per heavy atom. The zero-order valence-corrected chi connectivity index (χ0v) is 12.1. The van der Waals surface area contributed by atoms with Crippen molar-refractivity contribution >= 4 is 27.6 Å². The molecule has 1 aromatic heterocycles. The molecule has 2 aromatic rings. The van der Waals surface area contributed by atoms with Gasteiger partial charge in [0.05, 0.1) is 4.90 Å². The predicted octanol–water partition coefficient (Wildman–Crippen LogP) is 2.33. The fourth-order valence-corrected chi connectivity index (χ4v) is 3.06. The molecule has 0 aliphatic heterocycles. The number of hydrogen-bond acceptors (Lipinski definition) is 5. The van der Waals surface area contributed by atoms with Gasteiger partial charge in [0.2, 0.25) is 0 Å². The van der Waals surface area contributed by atoms with Gasteiger partial charge in [-0.05, 0) is 36.4 Å². The van der Waals surface area contributed by atoms with Gasteiger partial charge < -0.3 is 5.11 Å². The van der Waals surface area contributed by atoms with E-state index in [1.165, 1.54) is 30.1 Å². The van der Waals surface area contributed by atoms with E-state index in [1.54, 1.807) is 24.3 Å². The molecule has 1 N–H and O–H groups in total. The second kappa shape index (κ2) is 5.64. The molecule has 0 radical (unpaired) electrons. The van der Waals surface area contributed by atoms with Crippen molar-refractivity contribution in [1.29, 1.82) is 0 Å². The highest BCUT2D eigenvalue weighted by Gasteiger charge is 2.12. The third-order valence-electron chi connectivity index (χ3n) is 2.45. The summed E-state index contributed by atoms with van der Waals surface area (Å²) in [4.78, 5) is 16.3. The van der Waals surface area contributed by atoms with Gasteiger partial charge in [0.1, 0.15) is 0 Å². The van der Waals surface area contributed by atoms with Gasteiger partial charge in [0, 0.05) is 22.2 Å². The van der Waals surface area contributed by atoms with E-state index < -0.39 is 15.8 Å². The lowest BCUT2D eigenvalue weighted by atomic mass is 10.3. The van der Waals surface area contributed by atoms with E-state index >= 15 is 0 Å². The van der Waals surface area contributed by atoms with Crippen LogP contribution in [0.3, 0.4) is 0 Å². The number of carboxylic acids is 1. The van der Waals surface area contributed by atoms with Crippen molar-refractivity contribution in [3.8, 4) is 0 Å². The number of aromatic nitrogens is 1. The average molecular weight is 309 g/mol. The van der Waals surface area contributed by atoms with E-state index in [0.29, 0.717) is 4.90 Å². The molecule has 0 aliphatic carbocycles. The molecular weight excluding hydrogens is 298 g/mol. The van der Waals surface area contributed by atoms with E-state index in [2.05, 4.69) is 4.98 Å². The molecule has 20 heavy (non-hydrogen) atoms. The number of pyridine rings is 1. The quantitative estimate of drug-likeness (QED) is 0.933. The van der Waals surface area contributed by atoms with Crippen molar-refractivity contribution in [1.82, 2.24) is 4.98 Å². The fourth-order valence-electron chi connectivity index (χ4n) is 1.52. The van der Waals surface area contributed by atoms with Crippen LogP contribution in [0.15, 0.2) is 57.3 Å². The van der Waals surface area contributed by atoms with Crippen molar-refractivity contribution in [3.63, 3.8) is 0 Å². The van der Waals surface area contributed by atoms with Crippen LogP contribution >= 0.6 is 11.8 Å². The van der Waals surface area contributed by atoms with Crippen LogP contribution in [0, 0.1) is 0 Å². The maximum absolute atomic E-state index is 11.4. The van der Waals surface area contributed by atoms with Crippen LogP contribution in [0.5, 0.6) is 0 Å². The van der Waals surface area contributed by atoms with E-state index in [9.17, 15) is 13.2 Å². The van der Waals surface area contributed by atoms with Crippen molar-refractivity contribution in [2.75, 3.05) is 6.26 Å². The molecule has 0 amide bonds. The third-order valence-corrected chi connectivity index (χ3v) is 4.64. The minimum atomic E-state index is -3.23. The molecular formula is C13H11NO4S2. The maximum Gasteiger partial charge on any atom is 0.355 e. The fraction of sp³-hybridized carbons (Fsp3) is 0.0769. The number of carbonyl (C=O) groups is 1. The minimum absolute atomic E-state index is 0.0234. The topological polar surface area (TPSA) is 84.3 Å². The Hall–Kier alpha value is -1.86. The Labute approximate surface area is 120 Å². The van der Waals surface area contributed by atoms with Crippen molar-refractivity contribution in [2.45, 2.75) is 14.7 Å². The summed E-state index contributed by atoms with van der Waals surface area (Å²) >= 11 is 1.22. The SMILES string of the molecule is CS(=O)(=O)c1ccc(Sc2cccnc2C(=O)O)cc1. The number of nitrogens with zero attached hydrogens (tertiary/aromatic N) is 1. The lowest BCUT2D eigenvalue weighted by molar-refractivity contribution is 0.0686. The third kappa shape index (κ3) is 3.37. The first kappa shape index (κ1) is 14.5. The van der Waals surface area contributed by atoms with E-state index in [-0.39, 0.29) is 10.6 Å². The smallest absolute Gasteiger partial charge is 0.355 e. The second-order valence-electron chi connectivity index (χ2n) is 4.00. The van der Waals surface area contributed by atoms with Gasteiger partial charge in [-0.15, -0.1) is 0 Å². The second-order valence-corrected chi connectivity index (χ2v) is 7.13. The molecule has 1 aromatic carbocycles. The van der Waals surface area contributed by atoms with Crippen molar-refractivity contribution in [2.24, 2.45) is 0 Å². The highest BCUT2D eigenvalue weighted by molar-refractivity contribution is 7.99. The number of sulfone groups is 1. The summed E-state index contributed by atoms with van der Waals surface area (Å²) in [5, 5.41) is 9.04. The molecule has 104 valence electrons. The Morgan fingerprint density at radius 2 is 1.85 bits per heavy atom. The lowest BCUT2D eigenvalue weighted by Gasteiger charge is -2.05. The van der Waals surface area contributed by atoms with Gasteiger partial charge in [-0.3, -0.25) is 0 Å². The Bertz CT molecular complexity index is 739. The standard InChI is InChI=1S/C13H11NO4S2/c1-20(17,18)10-6-4-9(5-7-10)19-11-3-2-8-14-12(11)13(15)16/h2-8H,1H3,(H,15,16). The number of benzene rings is 1. The number of rotatable bonds is 4. The van der Waals surface area contributed by atoms with Crippen molar-refractivity contribution in [3.05, 3.63) is 48.3 Å². The molecule has 0 unspecified atom stereocenters. The first-order chi connectivity index (χ1) is 9.38. The molecule has 2 rings (SSSR count). The zero-order chi connectivity index (χ0) is 14.8. The first-order valence-corrected chi connectivity index (χ1v) is 8.25. The molecule has 0 saturated heterocycles. The minimum Gasteiger partial charge on any atom is -0.476 e. The Balaban J connectivity index is 2.30. The number of carboxylic acid groups (broad SMARTS) is 1. The highest BCUT2D eigenvalue weighted by Crippen LogP contribution is 2.30. The molecule has 0 spiro atoms. The molecule has 0 aliphatic rings. The molecule has 7 heteroatoms. The first-order valence-electron chi connectivity index (χ1n) is 5.54. The van der Waals surface area contributed by atoms with Crippen LogP contribution < -0.4 is 0 Å². The number of aromatic carboxylic acids is 1. The summed E-state index contributed by atoms with van der Waals surface area (Å²) in [6, 6.07) is 9.58. The Morgan fingerprint density at radius 1 is 1.20 bits per heavy atom. The summed E-state index contributed by atoms with van der Waals surface area (Å²) in [7, 11) is -3.23. The van der Waals surface area contributed by atoms with Crippen LogP contribution in [0.2, 0.25) is 0 Å². The van der Waals surface area contributed by atoms with Crippen LogP contribution in [0.4, 0.5) is 0 Å². The zero-order valence-electron chi connectivity index (χ0n) is 10.5. The van der Waals surface area contributed by atoms with Gasteiger partial charge in [-0.25, -0.2) is 18.2 Å². The van der Waals surface area contributed by atoms with Crippen LogP contribution in [-0.2, 0) is 9.84 Å². The van der Waals surface area contributed by atoms with Gasteiger partial charge in [0.15, 0.2) is 15.5 Å². The molecule has 0 fully saturated rings. The van der Waals surface area contributed by atoms with Crippen LogP contribution in [0.1, 0.15) is 10.5 Å². The maximum atomic E-state index is 11.4. The monoisotopic (exact) mass is 309 g/mol. The summed E-state index contributed by atoms with van der Waals surface area (Å²) in [5.74, 6) is -1.10. The largest absolute Gasteiger partial charge is 0.476 e. The summed E-state index contributed by atoms with van der Waals surface area (Å²) in [6.45, 7) is 0. The van der Waals surface area contributed by atoms with Gasteiger partial charge in [0.25, 0.3) is 0 Å².